The first-order valence-corrected chi connectivity index (χ1v) is 10.9. The van der Waals surface area contributed by atoms with Gasteiger partial charge in [0, 0.05) is 16.7 Å². The Balaban J connectivity index is 1.78. The molecule has 0 unspecified atom stereocenters. The van der Waals surface area contributed by atoms with Gasteiger partial charge in [-0.2, -0.15) is 0 Å². The fraction of sp³-hybridized carbons (Fsp3) is 0.0769. The first-order valence-electron chi connectivity index (χ1n) is 10.1. The predicted octanol–water partition coefficient (Wildman–Crippen LogP) is 4.65. The summed E-state index contributed by atoms with van der Waals surface area (Å²) >= 11 is 1.36. The van der Waals surface area contributed by atoms with E-state index in [1.54, 1.807) is 18.6 Å². The van der Waals surface area contributed by atoms with E-state index in [1.807, 2.05) is 84.9 Å². The van der Waals surface area contributed by atoms with E-state index < -0.39 is 0 Å². The quantitative estimate of drug-likeness (QED) is 0.399. The zero-order chi connectivity index (χ0) is 22.1. The molecular formula is C26H20N2O3S. The summed E-state index contributed by atoms with van der Waals surface area (Å²) in [7, 11) is 3.22. The predicted molar refractivity (Wildman–Crippen MR) is 129 cm³/mol. The Hall–Kier alpha value is -3.90. The third-order valence-electron chi connectivity index (χ3n) is 5.28. The van der Waals surface area contributed by atoms with Crippen LogP contribution < -0.4 is 19.6 Å². The first kappa shape index (κ1) is 20.0. The minimum Gasteiger partial charge on any atom is -0.497 e. The van der Waals surface area contributed by atoms with E-state index in [1.165, 1.54) is 11.3 Å². The van der Waals surface area contributed by atoms with Crippen LogP contribution in [0.5, 0.6) is 11.5 Å². The van der Waals surface area contributed by atoms with E-state index in [2.05, 4.69) is 0 Å². The maximum Gasteiger partial charge on any atom is 0.274 e. The number of aromatic nitrogens is 2. The average Bonchev–Trinajstić information content (AvgIpc) is 3.36. The van der Waals surface area contributed by atoms with Gasteiger partial charge in [-0.15, -0.1) is 0 Å². The third-order valence-corrected chi connectivity index (χ3v) is 6.25. The van der Waals surface area contributed by atoms with Gasteiger partial charge in [0.05, 0.1) is 30.1 Å². The lowest BCUT2D eigenvalue weighted by Crippen LogP contribution is -2.23. The van der Waals surface area contributed by atoms with E-state index in [0.717, 1.165) is 28.1 Å². The number of benzene rings is 3. The number of hydrogen-bond acceptors (Lipinski definition) is 5. The van der Waals surface area contributed by atoms with Crippen molar-refractivity contribution in [1.82, 2.24) is 9.38 Å². The molecule has 5 rings (SSSR count). The van der Waals surface area contributed by atoms with Crippen molar-refractivity contribution < 1.29 is 9.47 Å². The summed E-state index contributed by atoms with van der Waals surface area (Å²) in [6.07, 6.45) is 1.83. The molecule has 0 aliphatic rings. The summed E-state index contributed by atoms with van der Waals surface area (Å²) < 4.78 is 13.1. The Morgan fingerprint density at radius 1 is 0.875 bits per heavy atom. The molecule has 0 saturated heterocycles. The molecule has 0 aliphatic carbocycles. The number of hydrogen-bond donors (Lipinski definition) is 0. The second-order valence-electron chi connectivity index (χ2n) is 7.18. The van der Waals surface area contributed by atoms with Gasteiger partial charge < -0.3 is 9.47 Å². The summed E-state index contributed by atoms with van der Waals surface area (Å²) in [4.78, 5) is 19.1. The van der Waals surface area contributed by atoms with Crippen LogP contribution in [0.3, 0.4) is 0 Å². The minimum atomic E-state index is -0.108. The maximum atomic E-state index is 13.6. The molecular weight excluding hydrogens is 420 g/mol. The summed E-state index contributed by atoms with van der Waals surface area (Å²) in [5.41, 5.74) is 4.18. The van der Waals surface area contributed by atoms with Crippen molar-refractivity contribution >= 4 is 22.4 Å². The molecule has 0 radical (unpaired) electrons. The highest BCUT2D eigenvalue weighted by Gasteiger charge is 2.20. The second kappa shape index (κ2) is 8.32. The van der Waals surface area contributed by atoms with Crippen LogP contribution >= 0.6 is 11.3 Å². The normalized spacial score (nSPS) is 11.8. The lowest BCUT2D eigenvalue weighted by atomic mass is 10.1. The molecule has 2 aromatic heterocycles. The number of nitrogens with zero attached hydrogens (tertiary/aromatic N) is 2. The number of fused-ring (bicyclic) bond motifs is 1. The van der Waals surface area contributed by atoms with Gasteiger partial charge >= 0.3 is 0 Å². The van der Waals surface area contributed by atoms with Gasteiger partial charge in [0.1, 0.15) is 11.5 Å². The first-order chi connectivity index (χ1) is 15.7. The molecule has 0 amide bonds. The topological polar surface area (TPSA) is 52.8 Å². The number of ether oxygens (including phenoxy) is 2. The Morgan fingerprint density at radius 2 is 1.56 bits per heavy atom. The summed E-state index contributed by atoms with van der Waals surface area (Å²) in [6, 6.07) is 25.4. The zero-order valence-corrected chi connectivity index (χ0v) is 18.4. The van der Waals surface area contributed by atoms with Crippen LogP contribution in [0, 0.1) is 0 Å². The fourth-order valence-corrected chi connectivity index (χ4v) is 4.72. The van der Waals surface area contributed by atoms with E-state index in [0.29, 0.717) is 21.0 Å². The van der Waals surface area contributed by atoms with Crippen molar-refractivity contribution in [3.63, 3.8) is 0 Å². The van der Waals surface area contributed by atoms with Crippen LogP contribution in [0.15, 0.2) is 83.7 Å². The van der Waals surface area contributed by atoms with Crippen LogP contribution in [0.25, 0.3) is 33.6 Å². The molecule has 3 aromatic carbocycles. The van der Waals surface area contributed by atoms with Crippen molar-refractivity contribution in [1.29, 1.82) is 0 Å². The zero-order valence-electron chi connectivity index (χ0n) is 17.6. The lowest BCUT2D eigenvalue weighted by Gasteiger charge is -2.06. The molecule has 6 heteroatoms. The van der Waals surface area contributed by atoms with Crippen LogP contribution in [-0.4, -0.2) is 23.6 Å². The molecule has 0 spiro atoms. The molecule has 0 atom stereocenters. The summed E-state index contributed by atoms with van der Waals surface area (Å²) in [5.74, 6) is 1.37. The number of imidazole rings is 1. The highest BCUT2D eigenvalue weighted by atomic mass is 32.1. The van der Waals surface area contributed by atoms with Gasteiger partial charge in [0.15, 0.2) is 4.96 Å². The number of thiazole rings is 1. The van der Waals surface area contributed by atoms with E-state index in [9.17, 15) is 4.79 Å². The Kier molecular flexibility index (Phi) is 5.21. The second-order valence-corrected chi connectivity index (χ2v) is 8.19. The molecule has 0 bridgehead atoms. The van der Waals surface area contributed by atoms with Crippen molar-refractivity contribution in [3.05, 3.63) is 99.3 Å². The molecule has 0 saturated carbocycles. The van der Waals surface area contributed by atoms with E-state index in [-0.39, 0.29) is 5.56 Å². The smallest absolute Gasteiger partial charge is 0.274 e. The van der Waals surface area contributed by atoms with Crippen molar-refractivity contribution in [2.45, 2.75) is 0 Å². The van der Waals surface area contributed by atoms with E-state index >= 15 is 0 Å². The summed E-state index contributed by atoms with van der Waals surface area (Å²) in [5, 5.41) is 0. The molecule has 0 aliphatic heterocycles. The monoisotopic (exact) mass is 440 g/mol. The average molecular weight is 441 g/mol. The Labute approximate surface area is 188 Å². The standard InChI is InChI=1S/C26H20N2O3S/c1-30-20-13-14-21(31-2)19(15-20)16-22-25(29)28-24(18-11-7-4-8-12-18)23(27-26(28)32-22)17-9-5-3-6-10-17/h3-16H,1-2H3. The van der Waals surface area contributed by atoms with Gasteiger partial charge in [-0.3, -0.25) is 4.79 Å². The number of methoxy groups -OCH3 is 2. The molecule has 5 aromatic rings. The molecule has 32 heavy (non-hydrogen) atoms. The van der Waals surface area contributed by atoms with Gasteiger partial charge in [0.2, 0.25) is 0 Å². The van der Waals surface area contributed by atoms with Crippen LogP contribution in [0.2, 0.25) is 0 Å². The summed E-state index contributed by atoms with van der Waals surface area (Å²) in [6.45, 7) is 0. The van der Waals surface area contributed by atoms with Gasteiger partial charge in [-0.25, -0.2) is 9.38 Å². The maximum absolute atomic E-state index is 13.6. The van der Waals surface area contributed by atoms with Crippen LogP contribution in [0.4, 0.5) is 0 Å². The Morgan fingerprint density at radius 3 is 2.22 bits per heavy atom. The molecule has 0 fully saturated rings. The van der Waals surface area contributed by atoms with Crippen LogP contribution in [-0.2, 0) is 0 Å². The third kappa shape index (κ3) is 3.44. The lowest BCUT2D eigenvalue weighted by molar-refractivity contribution is 0.402. The SMILES string of the molecule is COc1ccc(OC)c(C=c2sc3nc(-c4ccccc4)c(-c4ccccc4)n3c2=O)c1. The van der Waals surface area contributed by atoms with Gasteiger partial charge in [0.25, 0.3) is 5.56 Å². The molecule has 2 heterocycles. The van der Waals surface area contributed by atoms with Gasteiger partial charge in [-0.1, -0.05) is 72.0 Å². The molecule has 5 nitrogen and oxygen atoms in total. The number of rotatable bonds is 5. The highest BCUT2D eigenvalue weighted by molar-refractivity contribution is 7.15. The van der Waals surface area contributed by atoms with Gasteiger partial charge in [-0.05, 0) is 24.3 Å². The minimum absolute atomic E-state index is 0.108. The fourth-order valence-electron chi connectivity index (χ4n) is 3.75. The highest BCUT2D eigenvalue weighted by Crippen LogP contribution is 2.32. The van der Waals surface area contributed by atoms with Crippen LogP contribution in [0.1, 0.15) is 5.56 Å². The molecule has 158 valence electrons. The molecule has 0 N–H and O–H groups in total. The van der Waals surface area contributed by atoms with E-state index in [4.69, 9.17) is 14.5 Å². The van der Waals surface area contributed by atoms with Crippen molar-refractivity contribution in [2.75, 3.05) is 14.2 Å². The Bertz CT molecular complexity index is 1510. The van der Waals surface area contributed by atoms with Crippen molar-refractivity contribution in [2.24, 2.45) is 0 Å². The largest absolute Gasteiger partial charge is 0.497 e. The van der Waals surface area contributed by atoms with Crippen molar-refractivity contribution in [3.8, 4) is 34.0 Å².